The van der Waals surface area contributed by atoms with Crippen molar-refractivity contribution < 1.29 is 9.59 Å². The standard InChI is InChI=1S/C17H20N4O2S/c1-11-8-13(4-5-14(11)20-12(2)19-10-22)9-21(3)16-7-6-15(24-16)17(18)23/h4-8,10H,9H2,1-3H3,(H2,18,23)(H,19,20,22). The van der Waals surface area contributed by atoms with Crippen LogP contribution in [0.5, 0.6) is 0 Å². The van der Waals surface area contributed by atoms with E-state index in [1.54, 1.807) is 13.0 Å². The Morgan fingerprint density at radius 2 is 2.12 bits per heavy atom. The summed E-state index contributed by atoms with van der Waals surface area (Å²) in [5, 5.41) is 3.51. The third-order valence-corrected chi connectivity index (χ3v) is 4.66. The van der Waals surface area contributed by atoms with Crippen LogP contribution in [0.15, 0.2) is 35.3 Å². The number of rotatable bonds is 6. The lowest BCUT2D eigenvalue weighted by Crippen LogP contribution is -2.17. The Balaban J connectivity index is 2.12. The van der Waals surface area contributed by atoms with Crippen LogP contribution in [0, 0.1) is 6.92 Å². The second-order valence-corrected chi connectivity index (χ2v) is 6.50. The molecule has 0 fully saturated rings. The fourth-order valence-electron chi connectivity index (χ4n) is 2.26. The van der Waals surface area contributed by atoms with Crippen molar-refractivity contribution in [2.45, 2.75) is 20.4 Å². The van der Waals surface area contributed by atoms with E-state index in [-0.39, 0.29) is 0 Å². The van der Waals surface area contributed by atoms with Crippen LogP contribution in [0.2, 0.25) is 0 Å². The average molecular weight is 344 g/mol. The fraction of sp³-hybridized carbons (Fsp3) is 0.235. The van der Waals surface area contributed by atoms with E-state index in [4.69, 9.17) is 5.73 Å². The Kier molecular flexibility index (Phi) is 5.70. The molecular formula is C17H20N4O2S. The zero-order valence-electron chi connectivity index (χ0n) is 13.9. The van der Waals surface area contributed by atoms with Crippen molar-refractivity contribution in [3.63, 3.8) is 0 Å². The molecule has 1 aromatic carbocycles. The number of amidine groups is 1. The number of nitrogens with zero attached hydrogens (tertiary/aromatic N) is 2. The molecule has 0 aliphatic carbocycles. The summed E-state index contributed by atoms with van der Waals surface area (Å²) >= 11 is 1.38. The molecule has 6 nitrogen and oxygen atoms in total. The normalized spacial score (nSPS) is 11.2. The molecule has 0 unspecified atom stereocenters. The largest absolute Gasteiger partial charge is 0.365 e. The van der Waals surface area contributed by atoms with Gasteiger partial charge in [-0.25, -0.2) is 4.99 Å². The van der Waals surface area contributed by atoms with Crippen molar-refractivity contribution in [3.05, 3.63) is 46.3 Å². The van der Waals surface area contributed by atoms with Crippen molar-refractivity contribution in [3.8, 4) is 0 Å². The van der Waals surface area contributed by atoms with E-state index in [0.29, 0.717) is 23.7 Å². The zero-order valence-corrected chi connectivity index (χ0v) is 14.7. The topological polar surface area (TPSA) is 87.8 Å². The van der Waals surface area contributed by atoms with E-state index in [1.165, 1.54) is 11.3 Å². The highest BCUT2D eigenvalue weighted by atomic mass is 32.1. The molecule has 24 heavy (non-hydrogen) atoms. The molecule has 0 radical (unpaired) electrons. The number of hydrogen-bond acceptors (Lipinski definition) is 5. The molecule has 0 aliphatic heterocycles. The number of carbonyl (C=O) groups is 2. The van der Waals surface area contributed by atoms with Gasteiger partial charge in [-0.3, -0.25) is 9.59 Å². The molecule has 3 N–H and O–H groups in total. The lowest BCUT2D eigenvalue weighted by molar-refractivity contribution is -0.108. The van der Waals surface area contributed by atoms with E-state index in [1.807, 2.05) is 32.2 Å². The maximum atomic E-state index is 11.2. The Morgan fingerprint density at radius 3 is 2.71 bits per heavy atom. The molecule has 1 aromatic heterocycles. The van der Waals surface area contributed by atoms with Gasteiger partial charge in [-0.1, -0.05) is 12.1 Å². The summed E-state index contributed by atoms with van der Waals surface area (Å²) in [4.78, 5) is 28.6. The molecule has 0 aliphatic rings. The Labute approximate surface area is 145 Å². The van der Waals surface area contributed by atoms with Crippen LogP contribution >= 0.6 is 11.3 Å². The van der Waals surface area contributed by atoms with Gasteiger partial charge >= 0.3 is 0 Å². The Bertz CT molecular complexity index is 783. The minimum absolute atomic E-state index is 0.406. The molecule has 0 spiro atoms. The zero-order chi connectivity index (χ0) is 17.7. The smallest absolute Gasteiger partial charge is 0.258 e. The molecule has 0 atom stereocenters. The monoisotopic (exact) mass is 344 g/mol. The van der Waals surface area contributed by atoms with Crippen LogP contribution in [0.25, 0.3) is 0 Å². The first kappa shape index (κ1) is 17.7. The molecule has 7 heteroatoms. The SMILES string of the molecule is CC(=Nc1ccc(CN(C)c2ccc(C(N)=O)s2)cc1C)NC=O. The van der Waals surface area contributed by atoms with E-state index in [2.05, 4.69) is 21.3 Å². The van der Waals surface area contributed by atoms with Crippen LogP contribution in [-0.2, 0) is 11.3 Å². The van der Waals surface area contributed by atoms with Crippen molar-refractivity contribution in [2.24, 2.45) is 10.7 Å². The molecule has 126 valence electrons. The summed E-state index contributed by atoms with van der Waals surface area (Å²) in [5.74, 6) is 0.146. The minimum atomic E-state index is -0.406. The third-order valence-electron chi connectivity index (χ3n) is 3.45. The Hall–Kier alpha value is -2.67. The summed E-state index contributed by atoms with van der Waals surface area (Å²) in [6.07, 6.45) is 0.610. The first-order chi connectivity index (χ1) is 11.4. The number of hydrogen-bond donors (Lipinski definition) is 2. The van der Waals surface area contributed by atoms with Gasteiger partial charge in [-0.05, 0) is 43.2 Å². The van der Waals surface area contributed by atoms with Crippen LogP contribution < -0.4 is 16.0 Å². The maximum Gasteiger partial charge on any atom is 0.258 e. The number of aliphatic imine (C=N–C) groups is 1. The van der Waals surface area contributed by atoms with Crippen molar-refractivity contribution in [1.82, 2.24) is 5.32 Å². The second-order valence-electron chi connectivity index (χ2n) is 5.44. The van der Waals surface area contributed by atoms with Gasteiger partial charge in [0.05, 0.1) is 15.6 Å². The summed E-state index contributed by atoms with van der Waals surface area (Å²) < 4.78 is 0. The maximum absolute atomic E-state index is 11.2. The molecule has 2 rings (SSSR count). The summed E-state index contributed by atoms with van der Waals surface area (Å²) in [6.45, 7) is 4.42. The summed E-state index contributed by atoms with van der Waals surface area (Å²) in [6, 6.07) is 9.62. The van der Waals surface area contributed by atoms with Gasteiger partial charge < -0.3 is 16.0 Å². The molecule has 0 saturated carbocycles. The fourth-order valence-corrected chi connectivity index (χ4v) is 3.08. The van der Waals surface area contributed by atoms with Gasteiger partial charge in [-0.15, -0.1) is 11.3 Å². The van der Waals surface area contributed by atoms with Crippen molar-refractivity contribution in [2.75, 3.05) is 11.9 Å². The van der Waals surface area contributed by atoms with Crippen molar-refractivity contribution in [1.29, 1.82) is 0 Å². The number of primary amides is 1. The molecular weight excluding hydrogens is 324 g/mol. The van der Waals surface area contributed by atoms with E-state index < -0.39 is 5.91 Å². The number of anilines is 1. The summed E-state index contributed by atoms with van der Waals surface area (Å²) in [7, 11) is 1.97. The first-order valence-corrected chi connectivity index (χ1v) is 8.18. The number of aryl methyl sites for hydroxylation is 1. The quantitative estimate of drug-likeness (QED) is 0.480. The minimum Gasteiger partial charge on any atom is -0.365 e. The number of carbonyl (C=O) groups excluding carboxylic acids is 2. The van der Waals surface area contributed by atoms with E-state index in [0.717, 1.165) is 21.8 Å². The number of nitrogens with two attached hydrogens (primary N) is 1. The highest BCUT2D eigenvalue weighted by Gasteiger charge is 2.10. The van der Waals surface area contributed by atoms with E-state index in [9.17, 15) is 9.59 Å². The van der Waals surface area contributed by atoms with Gasteiger partial charge in [0.1, 0.15) is 5.84 Å². The molecule has 0 saturated heterocycles. The highest BCUT2D eigenvalue weighted by molar-refractivity contribution is 7.17. The van der Waals surface area contributed by atoms with Gasteiger partial charge in [0.25, 0.3) is 5.91 Å². The highest BCUT2D eigenvalue weighted by Crippen LogP contribution is 2.27. The number of thiophene rings is 1. The Morgan fingerprint density at radius 1 is 1.38 bits per heavy atom. The second kappa shape index (κ2) is 7.74. The predicted octanol–water partition coefficient (Wildman–Crippen LogP) is 2.59. The van der Waals surface area contributed by atoms with Crippen molar-refractivity contribution >= 4 is 40.2 Å². The van der Waals surface area contributed by atoms with Gasteiger partial charge in [0.15, 0.2) is 0 Å². The van der Waals surface area contributed by atoms with E-state index >= 15 is 0 Å². The average Bonchev–Trinajstić information content (AvgIpc) is 3.00. The van der Waals surface area contributed by atoms with Gasteiger partial charge in [0, 0.05) is 13.6 Å². The molecule has 2 aromatic rings. The molecule has 2 amide bonds. The predicted molar refractivity (Wildman–Crippen MR) is 98.1 cm³/mol. The lowest BCUT2D eigenvalue weighted by atomic mass is 10.1. The molecule has 1 heterocycles. The number of benzene rings is 1. The first-order valence-electron chi connectivity index (χ1n) is 7.36. The van der Waals surface area contributed by atoms with Crippen LogP contribution in [0.4, 0.5) is 10.7 Å². The number of nitrogens with one attached hydrogen (secondary N) is 1. The van der Waals surface area contributed by atoms with Crippen LogP contribution in [0.1, 0.15) is 27.7 Å². The third kappa shape index (κ3) is 4.42. The number of amides is 2. The van der Waals surface area contributed by atoms with Gasteiger partial charge in [-0.2, -0.15) is 0 Å². The van der Waals surface area contributed by atoms with Gasteiger partial charge in [0.2, 0.25) is 6.41 Å². The lowest BCUT2D eigenvalue weighted by Gasteiger charge is -2.17. The summed E-state index contributed by atoms with van der Waals surface area (Å²) in [5.41, 5.74) is 8.26. The molecule has 0 bridgehead atoms. The van der Waals surface area contributed by atoms with Crippen LogP contribution in [0.3, 0.4) is 0 Å². The van der Waals surface area contributed by atoms with Crippen LogP contribution in [-0.4, -0.2) is 25.2 Å².